The summed E-state index contributed by atoms with van der Waals surface area (Å²) in [5.41, 5.74) is 2.56. The second-order valence-electron chi connectivity index (χ2n) is 7.42. The highest BCUT2D eigenvalue weighted by Crippen LogP contribution is 2.39. The van der Waals surface area contributed by atoms with Crippen molar-refractivity contribution in [3.8, 4) is 23.0 Å². The summed E-state index contributed by atoms with van der Waals surface area (Å²) in [7, 11) is 3.29. The van der Waals surface area contributed by atoms with E-state index < -0.39 is 0 Å². The van der Waals surface area contributed by atoms with Crippen LogP contribution in [0.1, 0.15) is 35.9 Å². The summed E-state index contributed by atoms with van der Waals surface area (Å²) in [5, 5.41) is 0. The summed E-state index contributed by atoms with van der Waals surface area (Å²) in [6.07, 6.45) is 2.05. The van der Waals surface area contributed by atoms with Gasteiger partial charge in [0.1, 0.15) is 17.3 Å². The van der Waals surface area contributed by atoms with Crippen LogP contribution in [0.5, 0.6) is 11.5 Å². The molecule has 1 atom stereocenters. The minimum atomic E-state index is -0.0386. The van der Waals surface area contributed by atoms with E-state index in [9.17, 15) is 4.79 Å². The second-order valence-corrected chi connectivity index (χ2v) is 7.42. The monoisotopic (exact) mass is 406 g/mol. The Morgan fingerprint density at radius 3 is 2.70 bits per heavy atom. The molecule has 3 aromatic rings. The van der Waals surface area contributed by atoms with Gasteiger partial charge < -0.3 is 18.8 Å². The zero-order valence-corrected chi connectivity index (χ0v) is 17.6. The Bertz CT molecular complexity index is 1030. The lowest BCUT2D eigenvalue weighted by Gasteiger charge is -2.26. The predicted molar refractivity (Wildman–Crippen MR) is 114 cm³/mol. The van der Waals surface area contributed by atoms with Gasteiger partial charge in [-0.1, -0.05) is 18.2 Å². The van der Waals surface area contributed by atoms with E-state index in [1.807, 2.05) is 60.4 Å². The SMILES string of the molecule is COc1ccc(OC)c([C@@H]2CCCN2C(=O)Cc2nc(-c3ccccc3)oc2C)c1. The van der Waals surface area contributed by atoms with Gasteiger partial charge in [-0.3, -0.25) is 4.79 Å². The molecule has 0 N–H and O–H groups in total. The first-order valence-electron chi connectivity index (χ1n) is 10.1. The van der Waals surface area contributed by atoms with E-state index in [1.165, 1.54) is 0 Å². The fraction of sp³-hybridized carbons (Fsp3) is 0.333. The molecule has 1 aromatic heterocycles. The predicted octanol–water partition coefficient (Wildman–Crippen LogP) is 4.57. The minimum absolute atomic E-state index is 0.0386. The zero-order valence-electron chi connectivity index (χ0n) is 17.6. The third-order valence-electron chi connectivity index (χ3n) is 5.60. The molecule has 0 spiro atoms. The Balaban J connectivity index is 1.56. The van der Waals surface area contributed by atoms with E-state index in [2.05, 4.69) is 4.98 Å². The van der Waals surface area contributed by atoms with E-state index >= 15 is 0 Å². The lowest BCUT2D eigenvalue weighted by molar-refractivity contribution is -0.131. The molecule has 1 aliphatic heterocycles. The van der Waals surface area contributed by atoms with E-state index in [-0.39, 0.29) is 18.4 Å². The van der Waals surface area contributed by atoms with E-state index in [0.29, 0.717) is 23.9 Å². The molecule has 1 aliphatic rings. The van der Waals surface area contributed by atoms with Gasteiger partial charge >= 0.3 is 0 Å². The van der Waals surface area contributed by atoms with Crippen LogP contribution in [0.4, 0.5) is 0 Å². The van der Waals surface area contributed by atoms with Crippen LogP contribution in [-0.4, -0.2) is 36.6 Å². The fourth-order valence-electron chi connectivity index (χ4n) is 4.03. The average molecular weight is 406 g/mol. The fourth-order valence-corrected chi connectivity index (χ4v) is 4.03. The number of carbonyl (C=O) groups excluding carboxylic acids is 1. The van der Waals surface area contributed by atoms with Crippen LogP contribution in [0.3, 0.4) is 0 Å². The van der Waals surface area contributed by atoms with Crippen molar-refractivity contribution in [3.63, 3.8) is 0 Å². The van der Waals surface area contributed by atoms with Gasteiger partial charge in [-0.2, -0.15) is 0 Å². The number of aryl methyl sites for hydroxylation is 1. The molecule has 1 saturated heterocycles. The number of likely N-dealkylation sites (tertiary alicyclic amines) is 1. The molecule has 6 nitrogen and oxygen atoms in total. The van der Waals surface area contributed by atoms with Gasteiger partial charge in [-0.15, -0.1) is 0 Å². The summed E-state index contributed by atoms with van der Waals surface area (Å²) in [5.74, 6) is 2.79. The van der Waals surface area contributed by atoms with Gasteiger partial charge in [0.15, 0.2) is 0 Å². The molecule has 1 amide bonds. The van der Waals surface area contributed by atoms with Crippen molar-refractivity contribution in [3.05, 3.63) is 65.5 Å². The first kappa shape index (κ1) is 20.0. The number of carbonyl (C=O) groups is 1. The van der Waals surface area contributed by atoms with Gasteiger partial charge in [-0.05, 0) is 50.1 Å². The number of oxazole rings is 1. The number of rotatable bonds is 6. The normalized spacial score (nSPS) is 16.0. The Hall–Kier alpha value is -3.28. The van der Waals surface area contributed by atoms with E-state index in [0.717, 1.165) is 35.5 Å². The van der Waals surface area contributed by atoms with Crippen molar-refractivity contribution in [2.24, 2.45) is 0 Å². The molecule has 1 fully saturated rings. The number of ether oxygens (including phenoxy) is 2. The smallest absolute Gasteiger partial charge is 0.229 e. The van der Waals surface area contributed by atoms with Gasteiger partial charge in [0.25, 0.3) is 0 Å². The van der Waals surface area contributed by atoms with Crippen molar-refractivity contribution >= 4 is 5.91 Å². The van der Waals surface area contributed by atoms with Crippen LogP contribution in [-0.2, 0) is 11.2 Å². The zero-order chi connectivity index (χ0) is 21.1. The summed E-state index contributed by atoms with van der Waals surface area (Å²) in [6.45, 7) is 2.57. The number of amides is 1. The maximum absolute atomic E-state index is 13.2. The Labute approximate surface area is 176 Å². The maximum atomic E-state index is 13.2. The molecule has 2 aromatic carbocycles. The standard InChI is InChI=1S/C24H26N2O4/c1-16-20(25-24(30-16)17-8-5-4-6-9-17)15-23(27)26-13-7-10-21(26)19-14-18(28-2)11-12-22(19)29-3/h4-6,8-9,11-12,14,21H,7,10,13,15H2,1-3H3/t21-/m0/s1. The van der Waals surface area contributed by atoms with E-state index in [4.69, 9.17) is 13.9 Å². The van der Waals surface area contributed by atoms with Crippen LogP contribution in [0.2, 0.25) is 0 Å². The lowest BCUT2D eigenvalue weighted by Crippen LogP contribution is -2.32. The van der Waals surface area contributed by atoms with Crippen molar-refractivity contribution in [2.45, 2.75) is 32.2 Å². The highest BCUT2D eigenvalue weighted by Gasteiger charge is 2.33. The molecule has 0 radical (unpaired) electrons. The van der Waals surface area contributed by atoms with Crippen molar-refractivity contribution in [1.82, 2.24) is 9.88 Å². The summed E-state index contributed by atoms with van der Waals surface area (Å²) < 4.78 is 16.8. The van der Waals surface area contributed by atoms with Gasteiger partial charge in [0, 0.05) is 17.7 Å². The quantitative estimate of drug-likeness (QED) is 0.600. The molecule has 0 aliphatic carbocycles. The third kappa shape index (κ3) is 3.90. The number of aromatic nitrogens is 1. The summed E-state index contributed by atoms with van der Waals surface area (Å²) in [6, 6.07) is 15.4. The number of methoxy groups -OCH3 is 2. The van der Waals surface area contributed by atoms with Crippen molar-refractivity contribution in [1.29, 1.82) is 0 Å². The molecular weight excluding hydrogens is 380 g/mol. The van der Waals surface area contributed by atoms with Crippen molar-refractivity contribution in [2.75, 3.05) is 20.8 Å². The van der Waals surface area contributed by atoms with Crippen LogP contribution < -0.4 is 9.47 Å². The Kier molecular flexibility index (Phi) is 5.74. The molecule has 4 rings (SSSR count). The highest BCUT2D eigenvalue weighted by molar-refractivity contribution is 5.79. The molecular formula is C24H26N2O4. The second kappa shape index (κ2) is 8.61. The van der Waals surface area contributed by atoms with Crippen LogP contribution in [0.25, 0.3) is 11.5 Å². The molecule has 2 heterocycles. The summed E-state index contributed by atoms with van der Waals surface area (Å²) >= 11 is 0. The first-order chi connectivity index (χ1) is 14.6. The molecule has 0 saturated carbocycles. The average Bonchev–Trinajstić information content (AvgIpc) is 3.41. The topological polar surface area (TPSA) is 64.8 Å². The van der Waals surface area contributed by atoms with E-state index in [1.54, 1.807) is 14.2 Å². The number of nitrogens with zero attached hydrogens (tertiary/aromatic N) is 2. The molecule has 0 bridgehead atoms. The Morgan fingerprint density at radius 1 is 1.17 bits per heavy atom. The van der Waals surface area contributed by atoms with Crippen LogP contribution in [0.15, 0.2) is 52.9 Å². The van der Waals surface area contributed by atoms with Crippen molar-refractivity contribution < 1.29 is 18.7 Å². The number of benzene rings is 2. The summed E-state index contributed by atoms with van der Waals surface area (Å²) in [4.78, 5) is 19.7. The molecule has 156 valence electrons. The number of hydrogen-bond donors (Lipinski definition) is 0. The maximum Gasteiger partial charge on any atom is 0.229 e. The van der Waals surface area contributed by atoms with Crippen LogP contribution in [0, 0.1) is 6.92 Å². The van der Waals surface area contributed by atoms with Gasteiger partial charge in [0.2, 0.25) is 11.8 Å². The van der Waals surface area contributed by atoms with Crippen LogP contribution >= 0.6 is 0 Å². The minimum Gasteiger partial charge on any atom is -0.497 e. The molecule has 0 unspecified atom stereocenters. The highest BCUT2D eigenvalue weighted by atomic mass is 16.5. The lowest BCUT2D eigenvalue weighted by atomic mass is 10.0. The van der Waals surface area contributed by atoms with Gasteiger partial charge in [-0.25, -0.2) is 4.98 Å². The third-order valence-corrected chi connectivity index (χ3v) is 5.60. The van der Waals surface area contributed by atoms with Gasteiger partial charge in [0.05, 0.1) is 32.4 Å². The molecule has 30 heavy (non-hydrogen) atoms. The molecule has 6 heteroatoms. The Morgan fingerprint density at radius 2 is 1.97 bits per heavy atom. The number of hydrogen-bond acceptors (Lipinski definition) is 5. The largest absolute Gasteiger partial charge is 0.497 e. The first-order valence-corrected chi connectivity index (χ1v) is 10.1.